The van der Waals surface area contributed by atoms with E-state index in [0.29, 0.717) is 31.9 Å². The standard InChI is InChI=1S/C20H22N2O5/c1-26-17-5-7-18(8-6-17)27-14-19(23)22-11-9-21(10-12-22)16-4-2-3-15(13-16)20(24)25/h2-8,13H,9-12,14H2,1H3,(H,24,25)/p-1. The van der Waals surface area contributed by atoms with E-state index in [2.05, 4.69) is 4.90 Å². The molecule has 0 bridgehead atoms. The summed E-state index contributed by atoms with van der Waals surface area (Å²) in [5.41, 5.74) is 0.970. The molecule has 7 heteroatoms. The van der Waals surface area contributed by atoms with Gasteiger partial charge in [0, 0.05) is 31.9 Å². The van der Waals surface area contributed by atoms with Crippen LogP contribution in [0.1, 0.15) is 10.4 Å². The molecule has 1 aliphatic heterocycles. The van der Waals surface area contributed by atoms with Crippen LogP contribution in [0.3, 0.4) is 0 Å². The first-order valence-corrected chi connectivity index (χ1v) is 8.68. The minimum absolute atomic E-state index is 0.0213. The Hall–Kier alpha value is -3.22. The quantitative estimate of drug-likeness (QED) is 0.749. The highest BCUT2D eigenvalue weighted by Crippen LogP contribution is 2.19. The van der Waals surface area contributed by atoms with Crippen molar-refractivity contribution >= 4 is 17.6 Å². The van der Waals surface area contributed by atoms with Crippen molar-refractivity contribution in [3.63, 3.8) is 0 Å². The van der Waals surface area contributed by atoms with Gasteiger partial charge in [-0.2, -0.15) is 0 Å². The fourth-order valence-corrected chi connectivity index (χ4v) is 2.95. The second-order valence-electron chi connectivity index (χ2n) is 6.17. The van der Waals surface area contributed by atoms with Crippen molar-refractivity contribution in [2.45, 2.75) is 0 Å². The second-order valence-corrected chi connectivity index (χ2v) is 6.17. The predicted molar refractivity (Wildman–Crippen MR) is 98.1 cm³/mol. The Labute approximate surface area is 157 Å². The molecule has 0 aromatic heterocycles. The molecule has 2 aromatic rings. The van der Waals surface area contributed by atoms with Gasteiger partial charge in [-0.25, -0.2) is 0 Å². The topological polar surface area (TPSA) is 82.1 Å². The van der Waals surface area contributed by atoms with E-state index < -0.39 is 5.97 Å². The number of rotatable bonds is 6. The molecule has 1 heterocycles. The van der Waals surface area contributed by atoms with Crippen molar-refractivity contribution in [1.29, 1.82) is 0 Å². The van der Waals surface area contributed by atoms with Gasteiger partial charge < -0.3 is 29.2 Å². The average molecular weight is 369 g/mol. The number of hydrogen-bond donors (Lipinski definition) is 0. The lowest BCUT2D eigenvalue weighted by Gasteiger charge is -2.36. The van der Waals surface area contributed by atoms with Crippen LogP contribution in [0, 0.1) is 0 Å². The van der Waals surface area contributed by atoms with E-state index in [4.69, 9.17) is 9.47 Å². The number of carbonyl (C=O) groups excluding carboxylic acids is 2. The predicted octanol–water partition coefficient (Wildman–Crippen LogP) is 0.786. The monoisotopic (exact) mass is 369 g/mol. The number of carboxylic acid groups (broad SMARTS) is 1. The van der Waals surface area contributed by atoms with Crippen molar-refractivity contribution in [2.75, 3.05) is 44.8 Å². The van der Waals surface area contributed by atoms with Crippen LogP contribution < -0.4 is 19.5 Å². The third kappa shape index (κ3) is 4.69. The van der Waals surface area contributed by atoms with E-state index in [1.165, 1.54) is 6.07 Å². The minimum atomic E-state index is -1.19. The number of benzene rings is 2. The third-order valence-electron chi connectivity index (χ3n) is 4.50. The average Bonchev–Trinajstić information content (AvgIpc) is 2.72. The van der Waals surface area contributed by atoms with Crippen LogP contribution in [0.15, 0.2) is 48.5 Å². The molecule has 0 saturated carbocycles. The van der Waals surface area contributed by atoms with Crippen LogP contribution in [0.25, 0.3) is 0 Å². The lowest BCUT2D eigenvalue weighted by molar-refractivity contribution is -0.255. The number of aromatic carboxylic acids is 1. The van der Waals surface area contributed by atoms with Crippen molar-refractivity contribution in [1.82, 2.24) is 4.90 Å². The summed E-state index contributed by atoms with van der Waals surface area (Å²) >= 11 is 0. The highest BCUT2D eigenvalue weighted by Gasteiger charge is 2.21. The summed E-state index contributed by atoms with van der Waals surface area (Å²) in [5, 5.41) is 11.0. The SMILES string of the molecule is COc1ccc(OCC(=O)N2CCN(c3cccc(C(=O)[O-])c3)CC2)cc1. The van der Waals surface area contributed by atoms with Crippen molar-refractivity contribution < 1.29 is 24.2 Å². The molecule has 0 atom stereocenters. The molecular formula is C20H21N2O5-. The highest BCUT2D eigenvalue weighted by atomic mass is 16.5. The molecule has 1 aliphatic rings. The number of nitrogens with zero attached hydrogens (tertiary/aromatic N) is 2. The maximum Gasteiger partial charge on any atom is 0.260 e. The molecule has 7 nitrogen and oxygen atoms in total. The Morgan fingerprint density at radius 1 is 1.00 bits per heavy atom. The first-order chi connectivity index (χ1) is 13.1. The molecule has 3 rings (SSSR count). The van der Waals surface area contributed by atoms with Gasteiger partial charge >= 0.3 is 0 Å². The lowest BCUT2D eigenvalue weighted by atomic mass is 10.1. The first-order valence-electron chi connectivity index (χ1n) is 8.68. The number of anilines is 1. The van der Waals surface area contributed by atoms with Gasteiger partial charge in [-0.05, 0) is 42.0 Å². The number of carboxylic acids is 1. The summed E-state index contributed by atoms with van der Waals surface area (Å²) in [5.74, 6) is 0.0738. The molecule has 0 N–H and O–H groups in total. The van der Waals surface area contributed by atoms with Crippen molar-refractivity contribution in [2.24, 2.45) is 0 Å². The summed E-state index contributed by atoms with van der Waals surface area (Å²) in [4.78, 5) is 27.2. The summed E-state index contributed by atoms with van der Waals surface area (Å²) in [7, 11) is 1.59. The van der Waals surface area contributed by atoms with E-state index in [-0.39, 0.29) is 18.1 Å². The van der Waals surface area contributed by atoms with Gasteiger partial charge in [-0.15, -0.1) is 0 Å². The summed E-state index contributed by atoms with van der Waals surface area (Å²) in [6.45, 7) is 2.35. The highest BCUT2D eigenvalue weighted by molar-refractivity contribution is 5.87. The zero-order valence-corrected chi connectivity index (χ0v) is 15.1. The molecule has 0 aliphatic carbocycles. The van der Waals surface area contributed by atoms with Crippen LogP contribution >= 0.6 is 0 Å². The van der Waals surface area contributed by atoms with E-state index in [1.54, 1.807) is 48.4 Å². The number of amides is 1. The van der Waals surface area contributed by atoms with Gasteiger partial charge in [0.1, 0.15) is 11.5 Å². The largest absolute Gasteiger partial charge is 0.545 e. The van der Waals surface area contributed by atoms with Gasteiger partial charge in [-0.3, -0.25) is 4.79 Å². The fraction of sp³-hybridized carbons (Fsp3) is 0.300. The lowest BCUT2D eigenvalue weighted by Crippen LogP contribution is -2.50. The number of hydrogen-bond acceptors (Lipinski definition) is 6. The van der Waals surface area contributed by atoms with Crippen LogP contribution in [-0.2, 0) is 4.79 Å². The normalized spacial score (nSPS) is 14.0. The van der Waals surface area contributed by atoms with Gasteiger partial charge in [0.15, 0.2) is 6.61 Å². The molecule has 0 spiro atoms. The van der Waals surface area contributed by atoms with Crippen molar-refractivity contribution in [3.05, 3.63) is 54.1 Å². The van der Waals surface area contributed by atoms with Gasteiger partial charge in [0.25, 0.3) is 5.91 Å². The van der Waals surface area contributed by atoms with Crippen LogP contribution in [0.4, 0.5) is 5.69 Å². The van der Waals surface area contributed by atoms with E-state index in [1.807, 2.05) is 6.07 Å². The Morgan fingerprint density at radius 2 is 1.67 bits per heavy atom. The molecule has 1 fully saturated rings. The van der Waals surface area contributed by atoms with Gasteiger partial charge in [0.05, 0.1) is 13.1 Å². The van der Waals surface area contributed by atoms with Gasteiger partial charge in [-0.1, -0.05) is 12.1 Å². The molecular weight excluding hydrogens is 348 g/mol. The summed E-state index contributed by atoms with van der Waals surface area (Å²) in [6, 6.07) is 13.7. The molecule has 0 radical (unpaired) electrons. The van der Waals surface area contributed by atoms with Gasteiger partial charge in [0.2, 0.25) is 0 Å². The van der Waals surface area contributed by atoms with E-state index in [0.717, 1.165) is 11.4 Å². The maximum atomic E-state index is 12.4. The zero-order chi connectivity index (χ0) is 19.2. The molecule has 0 unspecified atom stereocenters. The molecule has 1 saturated heterocycles. The fourth-order valence-electron chi connectivity index (χ4n) is 2.95. The van der Waals surface area contributed by atoms with E-state index >= 15 is 0 Å². The summed E-state index contributed by atoms with van der Waals surface area (Å²) in [6.07, 6.45) is 0. The number of carbonyl (C=O) groups is 2. The Morgan fingerprint density at radius 3 is 2.30 bits per heavy atom. The van der Waals surface area contributed by atoms with Crippen LogP contribution in [0.2, 0.25) is 0 Å². The smallest absolute Gasteiger partial charge is 0.260 e. The number of methoxy groups -OCH3 is 1. The van der Waals surface area contributed by atoms with E-state index in [9.17, 15) is 14.7 Å². The third-order valence-corrected chi connectivity index (χ3v) is 4.50. The molecule has 2 aromatic carbocycles. The number of piperazine rings is 1. The van der Waals surface area contributed by atoms with Crippen LogP contribution in [0.5, 0.6) is 11.5 Å². The Bertz CT molecular complexity index is 798. The molecule has 27 heavy (non-hydrogen) atoms. The number of ether oxygens (including phenoxy) is 2. The Kier molecular flexibility index (Phi) is 5.80. The molecule has 1 amide bonds. The minimum Gasteiger partial charge on any atom is -0.545 e. The first kappa shape index (κ1) is 18.6. The second kappa shape index (κ2) is 8.44. The zero-order valence-electron chi connectivity index (χ0n) is 15.1. The Balaban J connectivity index is 1.50. The van der Waals surface area contributed by atoms with Crippen molar-refractivity contribution in [3.8, 4) is 11.5 Å². The molecule has 142 valence electrons. The summed E-state index contributed by atoms with van der Waals surface area (Å²) < 4.78 is 10.6. The maximum absolute atomic E-state index is 12.4. The van der Waals surface area contributed by atoms with Crippen LogP contribution in [-0.4, -0.2) is 56.7 Å².